The number of nitrogens with zero attached hydrogens (tertiary/aromatic N) is 1. The molecule has 1 aliphatic rings. The van der Waals surface area contributed by atoms with Crippen LogP contribution in [0.15, 0.2) is 36.4 Å². The molecular formula is C19H13F3N2O5. The monoisotopic (exact) mass is 406 g/mol. The van der Waals surface area contributed by atoms with Crippen molar-refractivity contribution >= 4 is 29.4 Å². The Morgan fingerprint density at radius 3 is 2.17 bits per heavy atom. The number of anilines is 1. The molecule has 7 nitrogen and oxygen atoms in total. The van der Waals surface area contributed by atoms with Crippen molar-refractivity contribution in [2.75, 3.05) is 11.9 Å². The van der Waals surface area contributed by atoms with E-state index in [0.29, 0.717) is 11.0 Å². The van der Waals surface area contributed by atoms with Crippen molar-refractivity contribution in [3.63, 3.8) is 0 Å². The number of imide groups is 1. The molecule has 1 unspecified atom stereocenters. The van der Waals surface area contributed by atoms with E-state index in [1.54, 1.807) is 12.1 Å². The minimum absolute atomic E-state index is 0.143. The molecule has 150 valence electrons. The number of ether oxygens (including phenoxy) is 1. The Balaban J connectivity index is 1.61. The van der Waals surface area contributed by atoms with Gasteiger partial charge in [0.1, 0.15) is 6.54 Å². The van der Waals surface area contributed by atoms with E-state index in [1.807, 2.05) is 5.32 Å². The second-order valence-corrected chi connectivity index (χ2v) is 6.09. The lowest BCUT2D eigenvalue weighted by Crippen LogP contribution is -2.38. The molecular weight excluding hydrogens is 393 g/mol. The summed E-state index contributed by atoms with van der Waals surface area (Å²) in [6, 6.07) is 7.43. The molecule has 1 heterocycles. The SMILES string of the molecule is CC(OC(=O)CN1C(=O)c2ccccc2C1=O)C(=O)Nc1ccc(F)c(F)c1F. The van der Waals surface area contributed by atoms with Gasteiger partial charge in [0.15, 0.2) is 23.6 Å². The Hall–Kier alpha value is -3.69. The third kappa shape index (κ3) is 3.82. The molecule has 0 bridgehead atoms. The number of benzene rings is 2. The number of hydrogen-bond donors (Lipinski definition) is 1. The van der Waals surface area contributed by atoms with Gasteiger partial charge in [-0.1, -0.05) is 12.1 Å². The minimum atomic E-state index is -1.77. The summed E-state index contributed by atoms with van der Waals surface area (Å²) >= 11 is 0. The summed E-state index contributed by atoms with van der Waals surface area (Å²) in [4.78, 5) is 49.2. The Morgan fingerprint density at radius 2 is 1.59 bits per heavy atom. The van der Waals surface area contributed by atoms with E-state index < -0.39 is 59.5 Å². The average molecular weight is 406 g/mol. The van der Waals surface area contributed by atoms with E-state index in [9.17, 15) is 32.3 Å². The van der Waals surface area contributed by atoms with Crippen LogP contribution in [-0.2, 0) is 14.3 Å². The molecule has 1 aliphatic heterocycles. The molecule has 2 aromatic carbocycles. The van der Waals surface area contributed by atoms with Crippen molar-refractivity contribution in [3.8, 4) is 0 Å². The van der Waals surface area contributed by atoms with Crippen molar-refractivity contribution in [1.29, 1.82) is 0 Å². The van der Waals surface area contributed by atoms with E-state index in [2.05, 4.69) is 0 Å². The fraction of sp³-hybridized carbons (Fsp3) is 0.158. The van der Waals surface area contributed by atoms with Crippen LogP contribution >= 0.6 is 0 Å². The zero-order chi connectivity index (χ0) is 21.3. The lowest BCUT2D eigenvalue weighted by molar-refractivity contribution is -0.153. The topological polar surface area (TPSA) is 92.8 Å². The van der Waals surface area contributed by atoms with Crippen LogP contribution in [0.25, 0.3) is 0 Å². The number of rotatable bonds is 5. The van der Waals surface area contributed by atoms with E-state index in [4.69, 9.17) is 4.74 Å². The van der Waals surface area contributed by atoms with Gasteiger partial charge < -0.3 is 10.1 Å². The minimum Gasteiger partial charge on any atom is -0.451 e. The fourth-order valence-electron chi connectivity index (χ4n) is 2.66. The normalized spacial score (nSPS) is 13.9. The van der Waals surface area contributed by atoms with Crippen molar-refractivity contribution in [2.24, 2.45) is 0 Å². The second kappa shape index (κ2) is 7.74. The first-order valence-electron chi connectivity index (χ1n) is 8.29. The Bertz CT molecular complexity index is 1010. The molecule has 0 radical (unpaired) electrons. The molecule has 0 saturated heterocycles. The zero-order valence-corrected chi connectivity index (χ0v) is 14.9. The van der Waals surface area contributed by atoms with Crippen LogP contribution in [0, 0.1) is 17.5 Å². The molecule has 0 fully saturated rings. The molecule has 29 heavy (non-hydrogen) atoms. The van der Waals surface area contributed by atoms with Crippen LogP contribution in [0.3, 0.4) is 0 Å². The molecule has 10 heteroatoms. The highest BCUT2D eigenvalue weighted by molar-refractivity contribution is 6.22. The van der Waals surface area contributed by atoms with Gasteiger partial charge in [-0.25, -0.2) is 13.2 Å². The Kier molecular flexibility index (Phi) is 5.35. The number of fused-ring (bicyclic) bond motifs is 1. The van der Waals surface area contributed by atoms with E-state index >= 15 is 0 Å². The number of hydrogen-bond acceptors (Lipinski definition) is 5. The van der Waals surface area contributed by atoms with Gasteiger partial charge in [-0.15, -0.1) is 0 Å². The van der Waals surface area contributed by atoms with Crippen LogP contribution in [0.1, 0.15) is 27.6 Å². The fourth-order valence-corrected chi connectivity index (χ4v) is 2.66. The number of esters is 1. The maximum absolute atomic E-state index is 13.6. The second-order valence-electron chi connectivity index (χ2n) is 6.09. The maximum atomic E-state index is 13.6. The molecule has 1 N–H and O–H groups in total. The van der Waals surface area contributed by atoms with Gasteiger partial charge in [-0.05, 0) is 31.2 Å². The quantitative estimate of drug-likeness (QED) is 0.467. The van der Waals surface area contributed by atoms with Crippen molar-refractivity contribution < 1.29 is 37.1 Å². The number of carbonyl (C=O) groups is 4. The predicted molar refractivity (Wildman–Crippen MR) is 92.3 cm³/mol. The summed E-state index contributed by atoms with van der Waals surface area (Å²) in [7, 11) is 0. The van der Waals surface area contributed by atoms with E-state index in [0.717, 1.165) is 13.0 Å². The van der Waals surface area contributed by atoms with E-state index in [-0.39, 0.29) is 11.1 Å². The highest BCUT2D eigenvalue weighted by atomic mass is 19.2. The van der Waals surface area contributed by atoms with Crippen molar-refractivity contribution in [3.05, 3.63) is 65.0 Å². The molecule has 3 amide bonds. The van der Waals surface area contributed by atoms with Crippen molar-refractivity contribution in [2.45, 2.75) is 13.0 Å². The van der Waals surface area contributed by atoms with Gasteiger partial charge in [0.05, 0.1) is 16.8 Å². The molecule has 1 atom stereocenters. The smallest absolute Gasteiger partial charge is 0.326 e. The lowest BCUT2D eigenvalue weighted by Gasteiger charge is -2.17. The molecule has 3 rings (SSSR count). The van der Waals surface area contributed by atoms with Crippen LogP contribution in [0.2, 0.25) is 0 Å². The highest BCUT2D eigenvalue weighted by Gasteiger charge is 2.37. The van der Waals surface area contributed by atoms with Crippen LogP contribution in [0.4, 0.5) is 18.9 Å². The summed E-state index contributed by atoms with van der Waals surface area (Å²) in [6.45, 7) is 0.414. The standard InChI is InChI=1S/C19H13F3N2O5/c1-9(17(26)23-13-7-6-12(20)15(21)16(13)22)29-14(25)8-24-18(27)10-4-2-3-5-11(10)19(24)28/h2-7,9H,8H2,1H3,(H,23,26). The summed E-state index contributed by atoms with van der Waals surface area (Å²) in [5.74, 6) is -8.24. The van der Waals surface area contributed by atoms with Gasteiger partial charge >= 0.3 is 5.97 Å². The van der Waals surface area contributed by atoms with Gasteiger partial charge in [-0.3, -0.25) is 24.1 Å². The molecule has 0 spiro atoms. The Morgan fingerprint density at radius 1 is 1.00 bits per heavy atom. The molecule has 2 aromatic rings. The third-order valence-corrected chi connectivity index (χ3v) is 4.14. The van der Waals surface area contributed by atoms with Gasteiger partial charge in [0, 0.05) is 0 Å². The summed E-state index contributed by atoms with van der Waals surface area (Å²) in [5, 5.41) is 1.96. The highest BCUT2D eigenvalue weighted by Crippen LogP contribution is 2.22. The average Bonchev–Trinajstić information content (AvgIpc) is 2.93. The summed E-state index contributed by atoms with van der Waals surface area (Å²) in [6.07, 6.45) is -1.47. The Labute approximate surface area is 162 Å². The molecule has 0 saturated carbocycles. The van der Waals surface area contributed by atoms with Gasteiger partial charge in [0.25, 0.3) is 17.7 Å². The number of halogens is 3. The largest absolute Gasteiger partial charge is 0.451 e. The van der Waals surface area contributed by atoms with Gasteiger partial charge in [-0.2, -0.15) is 0 Å². The number of nitrogens with one attached hydrogen (secondary N) is 1. The summed E-state index contributed by atoms with van der Waals surface area (Å²) in [5.41, 5.74) is -0.355. The zero-order valence-electron chi connectivity index (χ0n) is 14.9. The predicted octanol–water partition coefficient (Wildman–Crippen LogP) is 2.27. The molecule has 0 aromatic heterocycles. The number of carbonyl (C=O) groups excluding carboxylic acids is 4. The molecule has 0 aliphatic carbocycles. The maximum Gasteiger partial charge on any atom is 0.326 e. The first-order chi connectivity index (χ1) is 13.7. The number of amides is 3. The van der Waals surface area contributed by atoms with Crippen molar-refractivity contribution in [1.82, 2.24) is 4.90 Å². The lowest BCUT2D eigenvalue weighted by atomic mass is 10.1. The van der Waals surface area contributed by atoms with Crippen LogP contribution < -0.4 is 5.32 Å². The first-order valence-corrected chi connectivity index (χ1v) is 8.29. The third-order valence-electron chi connectivity index (χ3n) is 4.14. The van der Waals surface area contributed by atoms with E-state index in [1.165, 1.54) is 12.1 Å². The van der Waals surface area contributed by atoms with Crippen LogP contribution in [-0.4, -0.2) is 41.2 Å². The summed E-state index contributed by atoms with van der Waals surface area (Å²) < 4.78 is 44.6. The van der Waals surface area contributed by atoms with Gasteiger partial charge in [0.2, 0.25) is 0 Å². The van der Waals surface area contributed by atoms with Crippen LogP contribution in [0.5, 0.6) is 0 Å². The first kappa shape index (κ1) is 20.1.